The van der Waals surface area contributed by atoms with E-state index in [0.717, 1.165) is 25.3 Å². The van der Waals surface area contributed by atoms with Gasteiger partial charge in [-0.25, -0.2) is 0 Å². The first-order chi connectivity index (χ1) is 8.34. The molecule has 0 aliphatic carbocycles. The van der Waals surface area contributed by atoms with Crippen LogP contribution in [-0.4, -0.2) is 25.0 Å². The fraction of sp³-hybridized carbons (Fsp3) is 0.615. The van der Waals surface area contributed by atoms with Crippen LogP contribution in [0.15, 0.2) is 22.8 Å². The number of carbonyl (C=O) groups excluding carboxylic acids is 1. The van der Waals surface area contributed by atoms with Crippen molar-refractivity contribution in [1.82, 2.24) is 10.6 Å². The van der Waals surface area contributed by atoms with E-state index in [1.165, 1.54) is 12.8 Å². The Labute approximate surface area is 102 Å². The lowest BCUT2D eigenvalue weighted by molar-refractivity contribution is -0.121. The molecule has 0 spiro atoms. The Morgan fingerprint density at radius 1 is 1.59 bits per heavy atom. The van der Waals surface area contributed by atoms with E-state index in [1.54, 1.807) is 6.26 Å². The van der Waals surface area contributed by atoms with E-state index >= 15 is 0 Å². The van der Waals surface area contributed by atoms with Gasteiger partial charge in [-0.1, -0.05) is 0 Å². The van der Waals surface area contributed by atoms with Gasteiger partial charge in [0.15, 0.2) is 0 Å². The van der Waals surface area contributed by atoms with Gasteiger partial charge in [-0.3, -0.25) is 4.79 Å². The first-order valence-corrected chi connectivity index (χ1v) is 6.37. The summed E-state index contributed by atoms with van der Waals surface area (Å²) in [6.07, 6.45) is 6.36. The Kier molecular flexibility index (Phi) is 4.62. The second kappa shape index (κ2) is 6.45. The molecule has 1 atom stereocenters. The topological polar surface area (TPSA) is 54.3 Å². The van der Waals surface area contributed by atoms with E-state index in [0.29, 0.717) is 18.9 Å². The van der Waals surface area contributed by atoms with Crippen molar-refractivity contribution in [3.05, 3.63) is 24.2 Å². The summed E-state index contributed by atoms with van der Waals surface area (Å²) in [5.41, 5.74) is 0. The summed E-state index contributed by atoms with van der Waals surface area (Å²) in [5, 5.41) is 6.37. The summed E-state index contributed by atoms with van der Waals surface area (Å²) in [4.78, 5) is 11.5. The third-order valence-corrected chi connectivity index (χ3v) is 3.16. The van der Waals surface area contributed by atoms with Crippen LogP contribution in [-0.2, 0) is 11.2 Å². The molecule has 2 heterocycles. The molecule has 17 heavy (non-hydrogen) atoms. The van der Waals surface area contributed by atoms with Crippen LogP contribution in [0.1, 0.15) is 31.4 Å². The van der Waals surface area contributed by atoms with Crippen LogP contribution >= 0.6 is 0 Å². The molecule has 2 N–H and O–H groups in total. The fourth-order valence-electron chi connectivity index (χ4n) is 2.17. The SMILES string of the molecule is O=C(CCc1ccco1)NCCC1CCCN1. The highest BCUT2D eigenvalue weighted by molar-refractivity contribution is 5.76. The molecular formula is C13H20N2O2. The van der Waals surface area contributed by atoms with Gasteiger partial charge in [0.1, 0.15) is 5.76 Å². The lowest BCUT2D eigenvalue weighted by Crippen LogP contribution is -2.30. The number of rotatable bonds is 6. The number of furan rings is 1. The maximum absolute atomic E-state index is 11.5. The Balaban J connectivity index is 1.54. The van der Waals surface area contributed by atoms with Crippen molar-refractivity contribution in [1.29, 1.82) is 0 Å². The van der Waals surface area contributed by atoms with Gasteiger partial charge in [-0.2, -0.15) is 0 Å². The first-order valence-electron chi connectivity index (χ1n) is 6.37. The third-order valence-electron chi connectivity index (χ3n) is 3.16. The molecular weight excluding hydrogens is 216 g/mol. The second-order valence-electron chi connectivity index (χ2n) is 4.51. The number of hydrogen-bond acceptors (Lipinski definition) is 3. The molecule has 0 saturated carbocycles. The Hall–Kier alpha value is -1.29. The molecule has 4 heteroatoms. The summed E-state index contributed by atoms with van der Waals surface area (Å²) in [5.74, 6) is 0.983. The number of amides is 1. The predicted molar refractivity (Wildman–Crippen MR) is 65.7 cm³/mol. The van der Waals surface area contributed by atoms with Crippen LogP contribution in [0, 0.1) is 0 Å². The van der Waals surface area contributed by atoms with E-state index in [2.05, 4.69) is 10.6 Å². The molecule has 1 aliphatic rings. The molecule has 1 fully saturated rings. The van der Waals surface area contributed by atoms with Crippen LogP contribution in [0.5, 0.6) is 0 Å². The molecule has 1 aliphatic heterocycles. The van der Waals surface area contributed by atoms with Gasteiger partial charge in [0.25, 0.3) is 0 Å². The van der Waals surface area contributed by atoms with Crippen molar-refractivity contribution >= 4 is 5.91 Å². The minimum absolute atomic E-state index is 0.111. The summed E-state index contributed by atoms with van der Waals surface area (Å²) in [7, 11) is 0. The summed E-state index contributed by atoms with van der Waals surface area (Å²) in [6.45, 7) is 1.89. The highest BCUT2D eigenvalue weighted by atomic mass is 16.3. The zero-order chi connectivity index (χ0) is 11.9. The van der Waals surface area contributed by atoms with Crippen molar-refractivity contribution in [3.8, 4) is 0 Å². The molecule has 0 aromatic carbocycles. The Morgan fingerprint density at radius 3 is 3.24 bits per heavy atom. The van der Waals surface area contributed by atoms with Gasteiger partial charge < -0.3 is 15.1 Å². The van der Waals surface area contributed by atoms with Crippen LogP contribution in [0.25, 0.3) is 0 Å². The summed E-state index contributed by atoms with van der Waals surface area (Å²) < 4.78 is 5.18. The molecule has 94 valence electrons. The van der Waals surface area contributed by atoms with Crippen LogP contribution < -0.4 is 10.6 Å². The van der Waals surface area contributed by atoms with Crippen molar-refractivity contribution < 1.29 is 9.21 Å². The smallest absolute Gasteiger partial charge is 0.220 e. The third kappa shape index (κ3) is 4.23. The van der Waals surface area contributed by atoms with E-state index in [-0.39, 0.29) is 5.91 Å². The minimum atomic E-state index is 0.111. The van der Waals surface area contributed by atoms with Gasteiger partial charge in [-0.05, 0) is 37.9 Å². The van der Waals surface area contributed by atoms with Crippen molar-refractivity contribution in [2.24, 2.45) is 0 Å². The largest absolute Gasteiger partial charge is 0.469 e. The average Bonchev–Trinajstić information content (AvgIpc) is 2.99. The lowest BCUT2D eigenvalue weighted by Gasteiger charge is -2.10. The zero-order valence-corrected chi connectivity index (χ0v) is 10.1. The number of carbonyl (C=O) groups is 1. The van der Waals surface area contributed by atoms with E-state index in [9.17, 15) is 4.79 Å². The lowest BCUT2D eigenvalue weighted by atomic mass is 10.1. The van der Waals surface area contributed by atoms with Crippen LogP contribution in [0.4, 0.5) is 0 Å². The first kappa shape index (κ1) is 12.2. The van der Waals surface area contributed by atoms with Crippen molar-refractivity contribution in [2.75, 3.05) is 13.1 Å². The molecule has 1 saturated heterocycles. The summed E-state index contributed by atoms with van der Waals surface area (Å²) in [6, 6.07) is 4.34. The van der Waals surface area contributed by atoms with Crippen molar-refractivity contribution in [2.45, 2.75) is 38.1 Å². The molecule has 0 radical (unpaired) electrons. The Morgan fingerprint density at radius 2 is 2.53 bits per heavy atom. The fourth-order valence-corrected chi connectivity index (χ4v) is 2.17. The molecule has 2 rings (SSSR count). The molecule has 1 unspecified atom stereocenters. The van der Waals surface area contributed by atoms with E-state index in [1.807, 2.05) is 12.1 Å². The molecule has 1 amide bonds. The predicted octanol–water partition coefficient (Wildman–Crippen LogP) is 1.47. The number of aryl methyl sites for hydroxylation is 1. The van der Waals surface area contributed by atoms with Gasteiger partial charge >= 0.3 is 0 Å². The average molecular weight is 236 g/mol. The van der Waals surface area contributed by atoms with E-state index in [4.69, 9.17) is 4.42 Å². The highest BCUT2D eigenvalue weighted by Gasteiger charge is 2.13. The Bertz CT molecular complexity index is 329. The maximum atomic E-state index is 11.5. The molecule has 1 aromatic heterocycles. The second-order valence-corrected chi connectivity index (χ2v) is 4.51. The van der Waals surface area contributed by atoms with Gasteiger partial charge in [0, 0.05) is 25.4 Å². The highest BCUT2D eigenvalue weighted by Crippen LogP contribution is 2.07. The molecule has 0 bridgehead atoms. The number of hydrogen-bond donors (Lipinski definition) is 2. The van der Waals surface area contributed by atoms with Crippen molar-refractivity contribution in [3.63, 3.8) is 0 Å². The maximum Gasteiger partial charge on any atom is 0.220 e. The number of nitrogens with one attached hydrogen (secondary N) is 2. The van der Waals surface area contributed by atoms with Gasteiger partial charge in [0.05, 0.1) is 6.26 Å². The zero-order valence-electron chi connectivity index (χ0n) is 10.1. The minimum Gasteiger partial charge on any atom is -0.469 e. The summed E-state index contributed by atoms with van der Waals surface area (Å²) >= 11 is 0. The molecule has 4 nitrogen and oxygen atoms in total. The van der Waals surface area contributed by atoms with E-state index < -0.39 is 0 Å². The standard InChI is InChI=1S/C13H20N2O2/c16-13(6-5-12-4-2-10-17-12)15-9-7-11-3-1-8-14-11/h2,4,10-11,14H,1,3,5-9H2,(H,15,16). The molecule has 1 aromatic rings. The monoisotopic (exact) mass is 236 g/mol. The van der Waals surface area contributed by atoms with Gasteiger partial charge in [0.2, 0.25) is 5.91 Å². The normalized spacial score (nSPS) is 19.4. The van der Waals surface area contributed by atoms with Gasteiger partial charge in [-0.15, -0.1) is 0 Å². The van der Waals surface area contributed by atoms with Crippen LogP contribution in [0.2, 0.25) is 0 Å². The quantitative estimate of drug-likeness (QED) is 0.786. The van der Waals surface area contributed by atoms with Crippen LogP contribution in [0.3, 0.4) is 0 Å².